The molecule has 1 fully saturated rings. The number of Topliss-reactive ketones (excluding diaryl/α,β-unsaturated/α-hetero) is 1. The highest BCUT2D eigenvalue weighted by atomic mass is 16.2. The first-order valence-electron chi connectivity index (χ1n) is 3.99. The van der Waals surface area contributed by atoms with Gasteiger partial charge in [-0.2, -0.15) is 0 Å². The fourth-order valence-electron chi connectivity index (χ4n) is 1.11. The number of barbiturate groups is 1. The topological polar surface area (TPSA) is 83.6 Å². The minimum atomic E-state index is -1.21. The van der Waals surface area contributed by atoms with Gasteiger partial charge in [-0.25, -0.2) is 4.79 Å². The van der Waals surface area contributed by atoms with E-state index >= 15 is 0 Å². The smallest absolute Gasteiger partial charge is 0.277 e. The molecule has 0 unspecified atom stereocenters. The van der Waals surface area contributed by atoms with E-state index in [1.807, 2.05) is 0 Å². The van der Waals surface area contributed by atoms with Crippen molar-refractivity contribution in [3.05, 3.63) is 0 Å². The molecule has 1 N–H and O–H groups in total. The summed E-state index contributed by atoms with van der Waals surface area (Å²) < 4.78 is 0. The number of nitrogens with one attached hydrogen (secondary N) is 1. The Labute approximate surface area is 80.2 Å². The second-order valence-corrected chi connectivity index (χ2v) is 3.90. The van der Waals surface area contributed by atoms with Crippen LogP contribution >= 0.6 is 0 Å². The number of rotatable bonds is 0. The van der Waals surface area contributed by atoms with Crippen molar-refractivity contribution in [1.29, 1.82) is 0 Å². The third kappa shape index (κ3) is 1.50. The van der Waals surface area contributed by atoms with Crippen LogP contribution in [0.4, 0.5) is 4.79 Å². The predicted octanol–water partition coefficient (Wildman–Crippen LogP) is -0.568. The van der Waals surface area contributed by atoms with Crippen LogP contribution in [-0.4, -0.2) is 34.1 Å². The van der Waals surface area contributed by atoms with Crippen LogP contribution in [0.3, 0.4) is 0 Å². The SMILES string of the molecule is CC(C)(C)N1C(=O)NC(=O)C(=O)C1=O. The van der Waals surface area contributed by atoms with Crippen LogP contribution in [0, 0.1) is 0 Å². The summed E-state index contributed by atoms with van der Waals surface area (Å²) in [6, 6.07) is -0.855. The fourth-order valence-corrected chi connectivity index (χ4v) is 1.11. The zero-order valence-corrected chi connectivity index (χ0v) is 8.08. The van der Waals surface area contributed by atoms with Gasteiger partial charge in [-0.05, 0) is 20.8 Å². The summed E-state index contributed by atoms with van der Waals surface area (Å²) in [4.78, 5) is 45.0. The maximum absolute atomic E-state index is 11.3. The normalized spacial score (nSPS) is 18.6. The molecule has 1 aliphatic rings. The van der Waals surface area contributed by atoms with Gasteiger partial charge in [0.2, 0.25) is 0 Å². The van der Waals surface area contributed by atoms with Gasteiger partial charge in [-0.15, -0.1) is 0 Å². The largest absolute Gasteiger partial charge is 0.331 e. The average molecular weight is 198 g/mol. The van der Waals surface area contributed by atoms with E-state index in [0.717, 1.165) is 4.90 Å². The summed E-state index contributed by atoms with van der Waals surface area (Å²) in [5.74, 6) is -3.45. The van der Waals surface area contributed by atoms with Crippen molar-refractivity contribution >= 4 is 23.6 Å². The summed E-state index contributed by atoms with van der Waals surface area (Å²) in [5, 5.41) is 1.79. The number of hydrogen-bond acceptors (Lipinski definition) is 4. The Kier molecular flexibility index (Phi) is 2.15. The first-order valence-corrected chi connectivity index (χ1v) is 3.99. The molecular formula is C8H10N2O4. The molecule has 0 aromatic carbocycles. The van der Waals surface area contributed by atoms with Crippen molar-refractivity contribution in [2.24, 2.45) is 0 Å². The van der Waals surface area contributed by atoms with Gasteiger partial charge in [0.25, 0.3) is 0 Å². The van der Waals surface area contributed by atoms with Gasteiger partial charge in [0.15, 0.2) is 0 Å². The number of carbonyl (C=O) groups excluding carboxylic acids is 4. The van der Waals surface area contributed by atoms with E-state index in [-0.39, 0.29) is 0 Å². The molecule has 0 atom stereocenters. The summed E-state index contributed by atoms with van der Waals surface area (Å²) in [5.41, 5.74) is -0.822. The molecule has 1 rings (SSSR count). The molecule has 6 heteroatoms. The molecule has 0 spiro atoms. The van der Waals surface area contributed by atoms with Crippen LogP contribution in [0.1, 0.15) is 20.8 Å². The molecular weight excluding hydrogens is 188 g/mol. The molecule has 0 radical (unpaired) electrons. The molecule has 6 nitrogen and oxygen atoms in total. The van der Waals surface area contributed by atoms with Crippen LogP contribution in [0.15, 0.2) is 0 Å². The third-order valence-corrected chi connectivity index (χ3v) is 1.70. The molecule has 0 saturated carbocycles. The zero-order chi connectivity index (χ0) is 11.1. The zero-order valence-electron chi connectivity index (χ0n) is 8.08. The maximum atomic E-state index is 11.3. The van der Waals surface area contributed by atoms with E-state index in [9.17, 15) is 19.2 Å². The van der Waals surface area contributed by atoms with Crippen molar-refractivity contribution in [3.63, 3.8) is 0 Å². The first kappa shape index (κ1) is 10.4. The number of ketones is 1. The maximum Gasteiger partial charge on any atom is 0.331 e. The Balaban J connectivity index is 3.09. The summed E-state index contributed by atoms with van der Waals surface area (Å²) in [6.45, 7) is 4.77. The van der Waals surface area contributed by atoms with E-state index in [1.165, 1.54) is 0 Å². The van der Waals surface area contributed by atoms with Crippen LogP contribution in [0.25, 0.3) is 0 Å². The van der Waals surface area contributed by atoms with Crippen LogP contribution < -0.4 is 5.32 Å². The first-order chi connectivity index (χ1) is 6.25. The predicted molar refractivity (Wildman–Crippen MR) is 45.1 cm³/mol. The lowest BCUT2D eigenvalue weighted by Crippen LogP contribution is -2.63. The monoisotopic (exact) mass is 198 g/mol. The van der Waals surface area contributed by atoms with Crippen molar-refractivity contribution in [2.45, 2.75) is 26.3 Å². The number of carbonyl (C=O) groups is 4. The van der Waals surface area contributed by atoms with E-state index in [1.54, 1.807) is 26.1 Å². The Morgan fingerprint density at radius 3 is 2.00 bits per heavy atom. The van der Waals surface area contributed by atoms with Crippen molar-refractivity contribution in [1.82, 2.24) is 10.2 Å². The second-order valence-electron chi connectivity index (χ2n) is 3.90. The Morgan fingerprint density at radius 2 is 1.57 bits per heavy atom. The van der Waals surface area contributed by atoms with Gasteiger partial charge < -0.3 is 0 Å². The molecule has 0 aromatic heterocycles. The van der Waals surface area contributed by atoms with Gasteiger partial charge >= 0.3 is 23.6 Å². The molecule has 4 amide bonds. The van der Waals surface area contributed by atoms with Gasteiger partial charge in [0.1, 0.15) is 0 Å². The number of urea groups is 1. The number of nitrogens with zero attached hydrogens (tertiary/aromatic N) is 1. The summed E-state index contributed by atoms with van der Waals surface area (Å²) in [6.07, 6.45) is 0. The molecule has 0 aliphatic carbocycles. The van der Waals surface area contributed by atoms with Gasteiger partial charge in [0, 0.05) is 5.54 Å². The standard InChI is InChI=1S/C8H10N2O4/c1-8(2,3)10-6(13)4(11)5(12)9-7(10)14/h1-3H3,(H,9,12,14). The molecule has 1 heterocycles. The molecule has 0 bridgehead atoms. The van der Waals surface area contributed by atoms with E-state index in [2.05, 4.69) is 0 Å². The minimum absolute atomic E-state index is 0.733. The van der Waals surface area contributed by atoms with E-state index < -0.39 is 29.2 Å². The second kappa shape index (κ2) is 2.90. The lowest BCUT2D eigenvalue weighted by atomic mass is 10.0. The Hall–Kier alpha value is -1.72. The van der Waals surface area contributed by atoms with Gasteiger partial charge in [-0.1, -0.05) is 0 Å². The highest BCUT2D eigenvalue weighted by molar-refractivity contribution is 6.66. The van der Waals surface area contributed by atoms with Crippen LogP contribution in [-0.2, 0) is 14.4 Å². The van der Waals surface area contributed by atoms with Gasteiger partial charge in [0.05, 0.1) is 0 Å². The Morgan fingerprint density at radius 1 is 1.07 bits per heavy atom. The number of amides is 4. The highest BCUT2D eigenvalue weighted by Crippen LogP contribution is 2.16. The molecule has 0 aromatic rings. The molecule has 14 heavy (non-hydrogen) atoms. The Bertz CT molecular complexity index is 340. The van der Waals surface area contributed by atoms with E-state index in [0.29, 0.717) is 0 Å². The number of imide groups is 2. The summed E-state index contributed by atoms with van der Waals surface area (Å²) in [7, 11) is 0. The van der Waals surface area contributed by atoms with Crippen molar-refractivity contribution in [2.75, 3.05) is 0 Å². The summed E-state index contributed by atoms with van der Waals surface area (Å²) >= 11 is 0. The minimum Gasteiger partial charge on any atom is -0.277 e. The molecule has 76 valence electrons. The molecule has 1 saturated heterocycles. The molecule has 1 aliphatic heterocycles. The van der Waals surface area contributed by atoms with E-state index in [4.69, 9.17) is 0 Å². The van der Waals surface area contributed by atoms with Crippen LogP contribution in [0.5, 0.6) is 0 Å². The van der Waals surface area contributed by atoms with Gasteiger partial charge in [-0.3, -0.25) is 24.6 Å². The third-order valence-electron chi connectivity index (χ3n) is 1.70. The van der Waals surface area contributed by atoms with Crippen molar-refractivity contribution < 1.29 is 19.2 Å². The number of hydrogen-bond donors (Lipinski definition) is 1. The average Bonchev–Trinajstić information content (AvgIpc) is 1.97. The quantitative estimate of drug-likeness (QED) is 0.528. The lowest BCUT2D eigenvalue weighted by molar-refractivity contribution is -0.152. The lowest BCUT2D eigenvalue weighted by Gasteiger charge is -2.34. The highest BCUT2D eigenvalue weighted by Gasteiger charge is 2.44. The van der Waals surface area contributed by atoms with Crippen LogP contribution in [0.2, 0.25) is 0 Å². The van der Waals surface area contributed by atoms with Crippen molar-refractivity contribution in [3.8, 4) is 0 Å². The fraction of sp³-hybridized carbons (Fsp3) is 0.500.